The van der Waals surface area contributed by atoms with Crippen LogP contribution in [0, 0.1) is 6.92 Å². The van der Waals surface area contributed by atoms with Crippen molar-refractivity contribution in [1.82, 2.24) is 4.57 Å². The average molecular weight is 447 g/mol. The zero-order chi connectivity index (χ0) is 22.5. The van der Waals surface area contributed by atoms with E-state index in [-0.39, 0.29) is 5.91 Å². The van der Waals surface area contributed by atoms with Crippen molar-refractivity contribution in [2.75, 3.05) is 25.3 Å². The summed E-state index contributed by atoms with van der Waals surface area (Å²) in [5.41, 5.74) is 4.35. The molecular formula is C26H26N2O3S. The number of hydrogen-bond donors (Lipinski definition) is 1. The number of benzene rings is 3. The van der Waals surface area contributed by atoms with Crippen molar-refractivity contribution in [2.45, 2.75) is 18.4 Å². The smallest absolute Gasteiger partial charge is 0.234 e. The fourth-order valence-electron chi connectivity index (χ4n) is 3.66. The van der Waals surface area contributed by atoms with E-state index in [4.69, 9.17) is 9.47 Å². The molecule has 0 bridgehead atoms. The van der Waals surface area contributed by atoms with Crippen molar-refractivity contribution < 1.29 is 14.3 Å². The number of para-hydroxylation sites is 1. The largest absolute Gasteiger partial charge is 0.497 e. The normalized spacial score (nSPS) is 10.8. The fourth-order valence-corrected chi connectivity index (χ4v) is 4.55. The summed E-state index contributed by atoms with van der Waals surface area (Å²) in [6.07, 6.45) is 2.14. The third kappa shape index (κ3) is 4.75. The Hall–Kier alpha value is -3.38. The van der Waals surface area contributed by atoms with Crippen LogP contribution in [0.2, 0.25) is 0 Å². The summed E-state index contributed by atoms with van der Waals surface area (Å²) in [5, 5.41) is 4.09. The van der Waals surface area contributed by atoms with E-state index in [2.05, 4.69) is 59.4 Å². The van der Waals surface area contributed by atoms with Gasteiger partial charge >= 0.3 is 0 Å². The molecule has 0 saturated heterocycles. The quantitative estimate of drug-likeness (QED) is 0.350. The van der Waals surface area contributed by atoms with Gasteiger partial charge < -0.3 is 19.4 Å². The second-order valence-electron chi connectivity index (χ2n) is 7.47. The molecule has 1 heterocycles. The van der Waals surface area contributed by atoms with Crippen molar-refractivity contribution >= 4 is 34.3 Å². The Morgan fingerprint density at radius 1 is 1.00 bits per heavy atom. The van der Waals surface area contributed by atoms with Gasteiger partial charge in [0.15, 0.2) is 0 Å². The predicted octanol–water partition coefficient (Wildman–Crippen LogP) is 5.75. The SMILES string of the molecule is COc1ccc(NC(=O)CSc2cn(Cc3ccccc3C)c3ccccc23)c(OC)c1. The van der Waals surface area contributed by atoms with Gasteiger partial charge in [-0.15, -0.1) is 11.8 Å². The van der Waals surface area contributed by atoms with Crippen LogP contribution >= 0.6 is 11.8 Å². The number of amides is 1. The Bertz CT molecular complexity index is 1250. The molecular weight excluding hydrogens is 420 g/mol. The summed E-state index contributed by atoms with van der Waals surface area (Å²) < 4.78 is 12.8. The minimum absolute atomic E-state index is 0.0887. The maximum Gasteiger partial charge on any atom is 0.234 e. The summed E-state index contributed by atoms with van der Waals surface area (Å²) in [5.74, 6) is 1.45. The minimum atomic E-state index is -0.0887. The van der Waals surface area contributed by atoms with Crippen LogP contribution in [-0.4, -0.2) is 30.4 Å². The standard InChI is InChI=1S/C26H26N2O3S/c1-18-8-4-5-9-19(18)15-28-16-25(21-10-6-7-11-23(21)28)32-17-26(29)27-22-13-12-20(30-2)14-24(22)31-3/h4-14,16H,15,17H2,1-3H3,(H,27,29). The number of carbonyl (C=O) groups excluding carboxylic acids is 1. The average Bonchev–Trinajstić information content (AvgIpc) is 3.17. The van der Waals surface area contributed by atoms with Crippen LogP contribution < -0.4 is 14.8 Å². The molecule has 0 aliphatic heterocycles. The lowest BCUT2D eigenvalue weighted by molar-refractivity contribution is -0.113. The first-order valence-corrected chi connectivity index (χ1v) is 11.3. The first-order chi connectivity index (χ1) is 15.6. The molecule has 4 aromatic rings. The predicted molar refractivity (Wildman–Crippen MR) is 131 cm³/mol. The Balaban J connectivity index is 1.50. The minimum Gasteiger partial charge on any atom is -0.497 e. The highest BCUT2D eigenvalue weighted by Gasteiger charge is 2.13. The number of ether oxygens (including phenoxy) is 2. The Morgan fingerprint density at radius 2 is 1.78 bits per heavy atom. The zero-order valence-electron chi connectivity index (χ0n) is 18.4. The molecule has 5 nitrogen and oxygen atoms in total. The molecule has 1 amide bonds. The molecule has 0 spiro atoms. The van der Waals surface area contributed by atoms with E-state index in [1.54, 1.807) is 32.4 Å². The van der Waals surface area contributed by atoms with Gasteiger partial charge in [0, 0.05) is 34.6 Å². The molecule has 1 aromatic heterocycles. The molecule has 0 unspecified atom stereocenters. The van der Waals surface area contributed by atoms with Crippen LogP contribution in [0.4, 0.5) is 5.69 Å². The number of nitrogens with one attached hydrogen (secondary N) is 1. The van der Waals surface area contributed by atoms with Gasteiger partial charge in [-0.3, -0.25) is 4.79 Å². The number of anilines is 1. The third-order valence-electron chi connectivity index (χ3n) is 5.40. The number of rotatable bonds is 8. The number of carbonyl (C=O) groups is 1. The molecule has 1 N–H and O–H groups in total. The lowest BCUT2D eigenvalue weighted by atomic mass is 10.1. The van der Waals surface area contributed by atoms with Crippen LogP contribution in [0.15, 0.2) is 77.8 Å². The molecule has 6 heteroatoms. The van der Waals surface area contributed by atoms with Gasteiger partial charge in [0.1, 0.15) is 11.5 Å². The molecule has 0 atom stereocenters. The van der Waals surface area contributed by atoms with Crippen LogP contribution in [-0.2, 0) is 11.3 Å². The monoisotopic (exact) mass is 446 g/mol. The molecule has 0 saturated carbocycles. The van der Waals surface area contributed by atoms with E-state index in [1.165, 1.54) is 22.9 Å². The van der Waals surface area contributed by atoms with Gasteiger partial charge in [0.25, 0.3) is 0 Å². The molecule has 0 radical (unpaired) electrons. The molecule has 0 aliphatic carbocycles. The maximum atomic E-state index is 12.7. The van der Waals surface area contributed by atoms with E-state index < -0.39 is 0 Å². The Kier molecular flexibility index (Phi) is 6.71. The number of hydrogen-bond acceptors (Lipinski definition) is 4. The van der Waals surface area contributed by atoms with Crippen LogP contribution in [0.1, 0.15) is 11.1 Å². The summed E-state index contributed by atoms with van der Waals surface area (Å²) in [6.45, 7) is 2.93. The highest BCUT2D eigenvalue weighted by atomic mass is 32.2. The summed E-state index contributed by atoms with van der Waals surface area (Å²) in [7, 11) is 3.17. The van der Waals surface area contributed by atoms with Crippen molar-refractivity contribution in [2.24, 2.45) is 0 Å². The van der Waals surface area contributed by atoms with Gasteiger partial charge in [-0.25, -0.2) is 0 Å². The summed E-state index contributed by atoms with van der Waals surface area (Å²) >= 11 is 1.54. The van der Waals surface area contributed by atoms with Gasteiger partial charge in [-0.1, -0.05) is 42.5 Å². The topological polar surface area (TPSA) is 52.5 Å². The van der Waals surface area contributed by atoms with Crippen molar-refractivity contribution in [3.8, 4) is 11.5 Å². The molecule has 4 rings (SSSR count). The Labute approximate surface area is 192 Å². The number of aryl methyl sites for hydroxylation is 1. The Morgan fingerprint density at radius 3 is 2.56 bits per heavy atom. The first-order valence-electron chi connectivity index (χ1n) is 10.4. The second kappa shape index (κ2) is 9.83. The van der Waals surface area contributed by atoms with E-state index in [0.29, 0.717) is 22.9 Å². The highest BCUT2D eigenvalue weighted by molar-refractivity contribution is 8.00. The van der Waals surface area contributed by atoms with Gasteiger partial charge in [-0.05, 0) is 36.2 Å². The molecule has 164 valence electrons. The summed E-state index contributed by atoms with van der Waals surface area (Å²) in [6, 6.07) is 22.1. The van der Waals surface area contributed by atoms with Gasteiger partial charge in [0.05, 0.1) is 25.7 Å². The number of nitrogens with zero attached hydrogens (tertiary/aromatic N) is 1. The third-order valence-corrected chi connectivity index (χ3v) is 6.44. The van der Waals surface area contributed by atoms with E-state index in [9.17, 15) is 4.79 Å². The van der Waals surface area contributed by atoms with E-state index in [1.807, 2.05) is 12.1 Å². The van der Waals surface area contributed by atoms with Crippen molar-refractivity contribution in [1.29, 1.82) is 0 Å². The maximum absolute atomic E-state index is 12.7. The number of methoxy groups -OCH3 is 2. The molecule has 3 aromatic carbocycles. The van der Waals surface area contributed by atoms with E-state index >= 15 is 0 Å². The fraction of sp³-hybridized carbons (Fsp3) is 0.192. The number of aromatic nitrogens is 1. The molecule has 0 fully saturated rings. The number of fused-ring (bicyclic) bond motifs is 1. The zero-order valence-corrected chi connectivity index (χ0v) is 19.2. The van der Waals surface area contributed by atoms with Crippen molar-refractivity contribution in [3.05, 3.63) is 84.1 Å². The van der Waals surface area contributed by atoms with E-state index in [0.717, 1.165) is 22.3 Å². The van der Waals surface area contributed by atoms with Crippen LogP contribution in [0.5, 0.6) is 11.5 Å². The van der Waals surface area contributed by atoms with Crippen molar-refractivity contribution in [3.63, 3.8) is 0 Å². The van der Waals surface area contributed by atoms with Gasteiger partial charge in [-0.2, -0.15) is 0 Å². The lowest BCUT2D eigenvalue weighted by Gasteiger charge is -2.11. The summed E-state index contributed by atoms with van der Waals surface area (Å²) in [4.78, 5) is 13.8. The van der Waals surface area contributed by atoms with Crippen LogP contribution in [0.3, 0.4) is 0 Å². The molecule has 32 heavy (non-hydrogen) atoms. The van der Waals surface area contributed by atoms with Gasteiger partial charge in [0.2, 0.25) is 5.91 Å². The molecule has 0 aliphatic rings. The van der Waals surface area contributed by atoms with Crippen LogP contribution in [0.25, 0.3) is 10.9 Å². The first kappa shape index (κ1) is 21.8. The second-order valence-corrected chi connectivity index (χ2v) is 8.49. The lowest BCUT2D eigenvalue weighted by Crippen LogP contribution is -2.14. The highest BCUT2D eigenvalue weighted by Crippen LogP contribution is 2.32. The number of thioether (sulfide) groups is 1.